The van der Waals surface area contributed by atoms with Crippen LogP contribution in [-0.4, -0.2) is 30.0 Å². The standard InChI is InChI=1S/C31H28N4O4S2/c32-41(38)25-13-11-20(12-14-25)15-26-27(16-21-9-10-21)34-35(31-33-28(19-40-31)30(36)37)29(26)23-7-4-8-24(17-23)39-18-22-5-2-1-3-6-22/h1-8,11-14,17,19,21H,9-10,15-16,18,32H2,(H,36,37). The lowest BCUT2D eigenvalue weighted by atomic mass is 9.97. The van der Waals surface area contributed by atoms with Crippen LogP contribution in [0.25, 0.3) is 16.4 Å². The highest BCUT2D eigenvalue weighted by Crippen LogP contribution is 2.38. The molecule has 0 spiro atoms. The first-order valence-electron chi connectivity index (χ1n) is 13.3. The van der Waals surface area contributed by atoms with E-state index < -0.39 is 17.0 Å². The molecule has 1 atom stereocenters. The monoisotopic (exact) mass is 584 g/mol. The number of nitrogens with zero attached hydrogens (tertiary/aromatic N) is 3. The molecule has 41 heavy (non-hydrogen) atoms. The second-order valence-corrected chi connectivity index (χ2v) is 12.0. The molecular formula is C31H28N4O4S2. The second-order valence-electron chi connectivity index (χ2n) is 10.1. The van der Waals surface area contributed by atoms with Crippen LogP contribution in [0.1, 0.15) is 45.7 Å². The molecule has 0 amide bonds. The van der Waals surface area contributed by atoms with Gasteiger partial charge in [0.2, 0.25) is 5.13 Å². The molecule has 0 saturated heterocycles. The van der Waals surface area contributed by atoms with Crippen molar-refractivity contribution in [3.05, 3.63) is 112 Å². The summed E-state index contributed by atoms with van der Waals surface area (Å²) in [7, 11) is -1.55. The van der Waals surface area contributed by atoms with Gasteiger partial charge in [-0.05, 0) is 60.6 Å². The van der Waals surface area contributed by atoms with Crippen LogP contribution in [0.15, 0.2) is 89.1 Å². The lowest BCUT2D eigenvalue weighted by Gasteiger charge is -2.12. The van der Waals surface area contributed by atoms with Gasteiger partial charge in [0.05, 0.1) is 16.3 Å². The molecule has 1 aliphatic rings. The summed E-state index contributed by atoms with van der Waals surface area (Å²) in [5, 5.41) is 22.2. The number of rotatable bonds is 11. The first kappa shape index (κ1) is 27.1. The van der Waals surface area contributed by atoms with Gasteiger partial charge in [-0.15, -0.1) is 11.3 Å². The van der Waals surface area contributed by atoms with Gasteiger partial charge in [-0.25, -0.2) is 23.8 Å². The van der Waals surface area contributed by atoms with Gasteiger partial charge in [0.15, 0.2) is 5.69 Å². The Morgan fingerprint density at radius 3 is 2.51 bits per heavy atom. The van der Waals surface area contributed by atoms with Gasteiger partial charge in [-0.2, -0.15) is 5.10 Å². The van der Waals surface area contributed by atoms with Crippen LogP contribution in [0.5, 0.6) is 5.75 Å². The third-order valence-electron chi connectivity index (χ3n) is 7.03. The van der Waals surface area contributed by atoms with Crippen molar-refractivity contribution in [2.24, 2.45) is 11.1 Å². The molecule has 1 saturated carbocycles. The van der Waals surface area contributed by atoms with E-state index in [1.165, 1.54) is 29.6 Å². The summed E-state index contributed by atoms with van der Waals surface area (Å²) in [6, 6.07) is 25.3. The molecule has 208 valence electrons. The van der Waals surface area contributed by atoms with E-state index >= 15 is 0 Å². The van der Waals surface area contributed by atoms with E-state index in [-0.39, 0.29) is 5.69 Å². The zero-order valence-electron chi connectivity index (χ0n) is 22.1. The quantitative estimate of drug-likeness (QED) is 0.203. The number of carbonyl (C=O) groups is 1. The van der Waals surface area contributed by atoms with Gasteiger partial charge in [0.25, 0.3) is 0 Å². The third-order valence-corrected chi connectivity index (χ3v) is 8.58. The molecule has 10 heteroatoms. The van der Waals surface area contributed by atoms with Crippen molar-refractivity contribution in [1.29, 1.82) is 0 Å². The summed E-state index contributed by atoms with van der Waals surface area (Å²) in [6.07, 6.45) is 3.76. The first-order valence-corrected chi connectivity index (χ1v) is 15.4. The molecule has 8 nitrogen and oxygen atoms in total. The number of aromatic carboxylic acids is 1. The molecule has 2 heterocycles. The lowest BCUT2D eigenvalue weighted by molar-refractivity contribution is 0.0691. The molecule has 0 radical (unpaired) electrons. The van der Waals surface area contributed by atoms with Gasteiger partial charge in [-0.3, -0.25) is 0 Å². The van der Waals surface area contributed by atoms with Gasteiger partial charge >= 0.3 is 5.97 Å². The Hall–Kier alpha value is -4.12. The minimum atomic E-state index is -1.55. The summed E-state index contributed by atoms with van der Waals surface area (Å²) in [6.45, 7) is 0.437. The number of carboxylic acids is 1. The Morgan fingerprint density at radius 1 is 1.05 bits per heavy atom. The van der Waals surface area contributed by atoms with E-state index in [4.69, 9.17) is 15.0 Å². The van der Waals surface area contributed by atoms with Crippen molar-refractivity contribution in [1.82, 2.24) is 14.8 Å². The Kier molecular flexibility index (Phi) is 7.78. The molecule has 1 unspecified atom stereocenters. The predicted octanol–water partition coefficient (Wildman–Crippen LogP) is 5.80. The van der Waals surface area contributed by atoms with Crippen molar-refractivity contribution in [3.63, 3.8) is 0 Å². The number of hydrogen-bond donors (Lipinski definition) is 2. The Balaban J connectivity index is 1.44. The number of hydrogen-bond acceptors (Lipinski definition) is 6. The van der Waals surface area contributed by atoms with Crippen molar-refractivity contribution >= 4 is 28.3 Å². The fourth-order valence-corrected chi connectivity index (χ4v) is 5.91. The number of thiazole rings is 1. The van der Waals surface area contributed by atoms with Crippen LogP contribution in [-0.2, 0) is 30.4 Å². The van der Waals surface area contributed by atoms with Crippen molar-refractivity contribution < 1.29 is 18.8 Å². The van der Waals surface area contributed by atoms with Crippen LogP contribution >= 0.6 is 11.3 Å². The first-order chi connectivity index (χ1) is 19.9. The van der Waals surface area contributed by atoms with E-state index in [2.05, 4.69) is 4.98 Å². The molecule has 6 rings (SSSR count). The van der Waals surface area contributed by atoms with Gasteiger partial charge < -0.3 is 9.84 Å². The highest BCUT2D eigenvalue weighted by atomic mass is 32.2. The van der Waals surface area contributed by atoms with Crippen LogP contribution in [0.3, 0.4) is 0 Å². The number of carboxylic acid groups (broad SMARTS) is 1. The van der Waals surface area contributed by atoms with E-state index in [1.807, 2.05) is 66.7 Å². The molecule has 1 aliphatic carbocycles. The molecule has 0 bridgehead atoms. The van der Waals surface area contributed by atoms with E-state index in [1.54, 1.807) is 16.8 Å². The van der Waals surface area contributed by atoms with Crippen molar-refractivity contribution in [2.75, 3.05) is 0 Å². The van der Waals surface area contributed by atoms with E-state index in [0.29, 0.717) is 34.7 Å². The van der Waals surface area contributed by atoms with Gasteiger partial charge in [0, 0.05) is 22.9 Å². The van der Waals surface area contributed by atoms with Crippen LogP contribution < -0.4 is 9.88 Å². The van der Waals surface area contributed by atoms with Crippen molar-refractivity contribution in [3.8, 4) is 22.1 Å². The third kappa shape index (κ3) is 6.30. The lowest BCUT2D eigenvalue weighted by Crippen LogP contribution is -2.03. The molecule has 3 aromatic carbocycles. The summed E-state index contributed by atoms with van der Waals surface area (Å²) in [4.78, 5) is 16.6. The molecule has 3 N–H and O–H groups in total. The van der Waals surface area contributed by atoms with E-state index in [0.717, 1.165) is 40.1 Å². The SMILES string of the molecule is NS(=O)c1ccc(Cc2c(CC3CC3)nn(-c3nc(C(=O)O)cs3)c2-c2cccc(OCc3ccccc3)c2)cc1. The maximum atomic E-state index is 11.7. The average molecular weight is 585 g/mol. The zero-order valence-corrected chi connectivity index (χ0v) is 23.7. The maximum Gasteiger partial charge on any atom is 0.355 e. The van der Waals surface area contributed by atoms with Gasteiger partial charge in [-0.1, -0.05) is 54.6 Å². The number of ether oxygens (including phenoxy) is 1. The number of benzene rings is 3. The van der Waals surface area contributed by atoms with Crippen LogP contribution in [0.4, 0.5) is 0 Å². The Bertz CT molecular complexity index is 1710. The molecule has 0 aliphatic heterocycles. The minimum Gasteiger partial charge on any atom is -0.489 e. The van der Waals surface area contributed by atoms with Gasteiger partial charge in [0.1, 0.15) is 23.3 Å². The van der Waals surface area contributed by atoms with Crippen molar-refractivity contribution in [2.45, 2.75) is 37.2 Å². The largest absolute Gasteiger partial charge is 0.489 e. The van der Waals surface area contributed by atoms with Crippen LogP contribution in [0.2, 0.25) is 0 Å². The fourth-order valence-electron chi connectivity index (χ4n) is 4.76. The number of aromatic nitrogens is 3. The zero-order chi connectivity index (χ0) is 28.3. The topological polar surface area (TPSA) is 120 Å². The Morgan fingerprint density at radius 2 is 1.83 bits per heavy atom. The summed E-state index contributed by atoms with van der Waals surface area (Å²) < 4.78 is 19.7. The smallest absolute Gasteiger partial charge is 0.355 e. The summed E-state index contributed by atoms with van der Waals surface area (Å²) >= 11 is 1.25. The molecule has 1 fully saturated rings. The minimum absolute atomic E-state index is 0.0120. The predicted molar refractivity (Wildman–Crippen MR) is 159 cm³/mol. The summed E-state index contributed by atoms with van der Waals surface area (Å²) in [5.41, 5.74) is 5.85. The summed E-state index contributed by atoms with van der Waals surface area (Å²) in [5.74, 6) is 0.223. The fraction of sp³-hybridized carbons (Fsp3) is 0.194. The highest BCUT2D eigenvalue weighted by molar-refractivity contribution is 7.82. The molecule has 2 aromatic heterocycles. The average Bonchev–Trinajstić information content (AvgIpc) is 3.53. The van der Waals surface area contributed by atoms with Crippen LogP contribution in [0, 0.1) is 5.92 Å². The molecular weight excluding hydrogens is 556 g/mol. The second kappa shape index (κ2) is 11.8. The normalized spacial score (nSPS) is 13.7. The van der Waals surface area contributed by atoms with E-state index in [9.17, 15) is 14.1 Å². The number of nitrogens with two attached hydrogens (primary N) is 1. The Labute approximate surface area is 244 Å². The highest BCUT2D eigenvalue weighted by Gasteiger charge is 2.29. The molecule has 5 aromatic rings. The maximum absolute atomic E-state index is 11.7.